The highest BCUT2D eigenvalue weighted by atomic mass is 16.6. The fourth-order valence-corrected chi connectivity index (χ4v) is 5.00. The maximum Gasteiger partial charge on any atom is 0.351 e. The van der Waals surface area contributed by atoms with Crippen molar-refractivity contribution < 1.29 is 38.1 Å². The van der Waals surface area contributed by atoms with E-state index in [2.05, 4.69) is 10.3 Å². The molecule has 4 aromatic carbocycles. The van der Waals surface area contributed by atoms with Gasteiger partial charge in [0.2, 0.25) is 0 Å². The number of esters is 3. The second-order valence-corrected chi connectivity index (χ2v) is 11.3. The summed E-state index contributed by atoms with van der Waals surface area (Å²) in [7, 11) is 0. The Balaban J connectivity index is 1.42. The zero-order chi connectivity index (χ0) is 36.2. The number of carbonyl (C=O) groups is 4. The van der Waals surface area contributed by atoms with Gasteiger partial charge in [-0.1, -0.05) is 72.8 Å². The number of hydrogen-bond acceptors (Lipinski definition) is 10. The van der Waals surface area contributed by atoms with Crippen molar-refractivity contribution in [3.8, 4) is 0 Å². The molecule has 51 heavy (non-hydrogen) atoms. The van der Waals surface area contributed by atoms with Crippen molar-refractivity contribution >= 4 is 29.6 Å². The van der Waals surface area contributed by atoms with E-state index in [4.69, 9.17) is 18.9 Å². The lowest BCUT2D eigenvalue weighted by atomic mass is 10.1. The minimum absolute atomic E-state index is 0.0155. The maximum absolute atomic E-state index is 13.4. The maximum atomic E-state index is 13.4. The summed E-state index contributed by atoms with van der Waals surface area (Å²) in [6.07, 6.45) is -3.47. The molecule has 0 bridgehead atoms. The molecule has 4 atom stereocenters. The Labute approximate surface area is 293 Å². The van der Waals surface area contributed by atoms with Crippen LogP contribution in [0.5, 0.6) is 0 Å². The number of anilines is 1. The third-order valence-corrected chi connectivity index (χ3v) is 7.64. The minimum atomic E-state index is -1.34. The Bertz CT molecular complexity index is 1990. The van der Waals surface area contributed by atoms with Gasteiger partial charge in [0.05, 0.1) is 16.7 Å². The molecule has 0 aliphatic carbocycles. The first-order chi connectivity index (χ1) is 24.7. The van der Waals surface area contributed by atoms with E-state index in [0.29, 0.717) is 5.56 Å². The van der Waals surface area contributed by atoms with Gasteiger partial charge in [-0.05, 0) is 68.4 Å². The molecule has 3 unspecified atom stereocenters. The topological polar surface area (TPSA) is 152 Å². The molecule has 0 aliphatic heterocycles. The average Bonchev–Trinajstić information content (AvgIpc) is 3.16. The molecule has 0 spiro atoms. The van der Waals surface area contributed by atoms with Crippen LogP contribution in [0, 0.1) is 0 Å². The van der Waals surface area contributed by atoms with Crippen molar-refractivity contribution in [1.29, 1.82) is 0 Å². The standard InChI is InChI=1S/C39H35N3O9/c1-26(49-37(45)30-19-11-5-12-20-30)34(51-38(46)31-21-13-6-14-22-31)32(25-48-36(44)29-17-9-4-10-18-29)50-27(2)42-24-23-33(41-39(42)47)40-35(43)28-15-7-3-8-16-28/h3-24,26-27,32,34H,25H2,1-2H3,(H,40,41,43,47)/t26?,27?,32-,34?/m1/s1. The van der Waals surface area contributed by atoms with Crippen LogP contribution in [0.2, 0.25) is 0 Å². The molecule has 1 heterocycles. The summed E-state index contributed by atoms with van der Waals surface area (Å²) in [5.74, 6) is -2.56. The fraction of sp³-hybridized carbons (Fsp3) is 0.179. The first-order valence-electron chi connectivity index (χ1n) is 16.0. The lowest BCUT2D eigenvalue weighted by molar-refractivity contribution is -0.148. The van der Waals surface area contributed by atoms with Crippen LogP contribution in [0.1, 0.15) is 61.5 Å². The Hall–Kier alpha value is -6.40. The van der Waals surface area contributed by atoms with Crippen molar-refractivity contribution in [2.24, 2.45) is 0 Å². The molecule has 0 saturated heterocycles. The Morgan fingerprint density at radius 3 is 1.63 bits per heavy atom. The van der Waals surface area contributed by atoms with Crippen LogP contribution >= 0.6 is 0 Å². The molecule has 1 N–H and O–H groups in total. The largest absolute Gasteiger partial charge is 0.459 e. The molecule has 1 amide bonds. The SMILES string of the molecule is CC(OC(=O)c1ccccc1)C(OC(=O)c1ccccc1)[C@@H](COC(=O)c1ccccc1)OC(C)n1ccc(NC(=O)c2ccccc2)nc1=O. The van der Waals surface area contributed by atoms with Gasteiger partial charge < -0.3 is 24.3 Å². The molecule has 0 aliphatic rings. The zero-order valence-corrected chi connectivity index (χ0v) is 27.8. The number of carbonyl (C=O) groups excluding carboxylic acids is 4. The summed E-state index contributed by atoms with van der Waals surface area (Å²) in [5, 5.41) is 2.59. The summed E-state index contributed by atoms with van der Waals surface area (Å²) in [5.41, 5.74) is 0.349. The summed E-state index contributed by atoms with van der Waals surface area (Å²) in [4.78, 5) is 69.3. The van der Waals surface area contributed by atoms with Crippen molar-refractivity contribution in [1.82, 2.24) is 9.55 Å². The molecule has 0 saturated carbocycles. The van der Waals surface area contributed by atoms with Gasteiger partial charge in [0, 0.05) is 11.8 Å². The van der Waals surface area contributed by atoms with Crippen molar-refractivity contribution in [2.75, 3.05) is 11.9 Å². The predicted molar refractivity (Wildman–Crippen MR) is 186 cm³/mol. The van der Waals surface area contributed by atoms with E-state index >= 15 is 0 Å². The Morgan fingerprint density at radius 1 is 0.647 bits per heavy atom. The smallest absolute Gasteiger partial charge is 0.351 e. The Kier molecular flexibility index (Phi) is 12.2. The summed E-state index contributed by atoms with van der Waals surface area (Å²) < 4.78 is 24.7. The molecule has 12 heteroatoms. The van der Waals surface area contributed by atoms with E-state index in [1.807, 2.05) is 0 Å². The van der Waals surface area contributed by atoms with Crippen LogP contribution in [-0.4, -0.2) is 58.3 Å². The number of rotatable bonds is 14. The fourth-order valence-electron chi connectivity index (χ4n) is 5.00. The summed E-state index contributed by atoms with van der Waals surface area (Å²) in [6.45, 7) is 2.58. The number of hydrogen-bond donors (Lipinski definition) is 1. The summed E-state index contributed by atoms with van der Waals surface area (Å²) >= 11 is 0. The van der Waals surface area contributed by atoms with Crippen molar-refractivity contribution in [3.05, 3.63) is 166 Å². The number of ether oxygens (including phenoxy) is 4. The molecule has 12 nitrogen and oxygen atoms in total. The lowest BCUT2D eigenvalue weighted by Crippen LogP contribution is -2.47. The molecule has 0 fully saturated rings. The molecule has 1 aromatic heterocycles. The van der Waals surface area contributed by atoms with Crippen LogP contribution in [0.25, 0.3) is 0 Å². The highest BCUT2D eigenvalue weighted by Gasteiger charge is 2.37. The minimum Gasteiger partial charge on any atom is -0.459 e. The van der Waals surface area contributed by atoms with Gasteiger partial charge in [0.1, 0.15) is 30.9 Å². The van der Waals surface area contributed by atoms with Crippen LogP contribution in [-0.2, 0) is 18.9 Å². The number of aromatic nitrogens is 2. The monoisotopic (exact) mass is 689 g/mol. The number of nitrogens with one attached hydrogen (secondary N) is 1. The van der Waals surface area contributed by atoms with E-state index in [-0.39, 0.29) is 22.5 Å². The van der Waals surface area contributed by atoms with Crippen LogP contribution in [0.3, 0.4) is 0 Å². The van der Waals surface area contributed by atoms with E-state index in [9.17, 15) is 24.0 Å². The highest BCUT2D eigenvalue weighted by Crippen LogP contribution is 2.22. The van der Waals surface area contributed by atoms with E-state index in [1.54, 1.807) is 121 Å². The second kappa shape index (κ2) is 17.3. The van der Waals surface area contributed by atoms with Gasteiger partial charge in [-0.15, -0.1) is 0 Å². The van der Waals surface area contributed by atoms with Gasteiger partial charge in [-0.25, -0.2) is 19.2 Å². The molecular weight excluding hydrogens is 654 g/mol. The predicted octanol–water partition coefficient (Wildman–Crippen LogP) is 5.73. The van der Waals surface area contributed by atoms with Gasteiger partial charge >= 0.3 is 23.6 Å². The van der Waals surface area contributed by atoms with Crippen LogP contribution < -0.4 is 11.0 Å². The zero-order valence-electron chi connectivity index (χ0n) is 27.8. The number of amides is 1. The second-order valence-electron chi connectivity index (χ2n) is 11.3. The van der Waals surface area contributed by atoms with Crippen molar-refractivity contribution in [3.63, 3.8) is 0 Å². The van der Waals surface area contributed by atoms with E-state index < -0.39 is 60.7 Å². The quantitative estimate of drug-likeness (QED) is 0.113. The van der Waals surface area contributed by atoms with Gasteiger partial charge in [-0.3, -0.25) is 9.36 Å². The number of nitrogens with zero attached hydrogens (tertiary/aromatic N) is 2. The molecule has 5 rings (SSSR count). The molecule has 260 valence electrons. The Morgan fingerprint density at radius 2 is 1.12 bits per heavy atom. The summed E-state index contributed by atoms with van der Waals surface area (Å²) in [6, 6.07) is 34.5. The average molecular weight is 690 g/mol. The van der Waals surface area contributed by atoms with E-state index in [1.165, 1.54) is 26.1 Å². The van der Waals surface area contributed by atoms with Gasteiger partial charge in [-0.2, -0.15) is 4.98 Å². The molecule has 0 radical (unpaired) electrons. The van der Waals surface area contributed by atoms with Gasteiger partial charge in [0.15, 0.2) is 6.10 Å². The first-order valence-corrected chi connectivity index (χ1v) is 16.0. The highest BCUT2D eigenvalue weighted by molar-refractivity contribution is 6.03. The molecular formula is C39H35N3O9. The van der Waals surface area contributed by atoms with E-state index in [0.717, 1.165) is 4.57 Å². The van der Waals surface area contributed by atoms with Crippen molar-refractivity contribution in [2.45, 2.75) is 38.4 Å². The first kappa shape index (κ1) is 35.9. The van der Waals surface area contributed by atoms with Gasteiger partial charge in [0.25, 0.3) is 5.91 Å². The van der Waals surface area contributed by atoms with Crippen LogP contribution in [0.4, 0.5) is 5.82 Å². The van der Waals surface area contributed by atoms with Crippen LogP contribution in [0.15, 0.2) is 138 Å². The number of benzene rings is 4. The normalized spacial score (nSPS) is 13.1. The lowest BCUT2D eigenvalue weighted by Gasteiger charge is -2.33. The third kappa shape index (κ3) is 9.83. The third-order valence-electron chi connectivity index (χ3n) is 7.64. The molecule has 5 aromatic rings.